The maximum absolute atomic E-state index is 12.5. The van der Waals surface area contributed by atoms with Crippen LogP contribution in [0.15, 0.2) is 41.4 Å². The summed E-state index contributed by atoms with van der Waals surface area (Å²) in [4.78, 5) is 4.09. The number of hydrogen-bond donors (Lipinski definition) is 2. The highest BCUT2D eigenvalue weighted by atomic mass is 35.5. The number of sulfonamides is 1. The molecule has 1 aromatic heterocycles. The quantitative estimate of drug-likeness (QED) is 0.776. The van der Waals surface area contributed by atoms with Gasteiger partial charge in [0.2, 0.25) is 0 Å². The normalized spacial score (nSPS) is 12.5. The summed E-state index contributed by atoms with van der Waals surface area (Å²) in [6.45, 7) is 4.13. The smallest absolute Gasteiger partial charge is 0.266 e. The van der Waals surface area contributed by atoms with Crippen molar-refractivity contribution >= 4 is 33.1 Å². The molecule has 2 rings (SSSR count). The summed E-state index contributed by atoms with van der Waals surface area (Å²) in [5.41, 5.74) is 0.827. The van der Waals surface area contributed by atoms with E-state index in [1.54, 1.807) is 24.4 Å². The Morgan fingerprint density at radius 2 is 2.04 bits per heavy atom. The van der Waals surface area contributed by atoms with Gasteiger partial charge in [0, 0.05) is 11.1 Å². The lowest BCUT2D eigenvalue weighted by Crippen LogP contribution is -2.16. The first-order valence-corrected chi connectivity index (χ1v) is 9.30. The van der Waals surface area contributed by atoms with Crippen LogP contribution in [0.25, 0.3) is 0 Å². The molecule has 0 saturated heterocycles. The van der Waals surface area contributed by atoms with Gasteiger partial charge in [0.05, 0.1) is 19.0 Å². The number of methoxy groups -OCH3 is 1. The van der Waals surface area contributed by atoms with Gasteiger partial charge in [-0.25, -0.2) is 13.4 Å². The Labute approximate surface area is 147 Å². The average molecular weight is 370 g/mol. The molecule has 130 valence electrons. The van der Waals surface area contributed by atoms with Crippen molar-refractivity contribution in [1.29, 1.82) is 0 Å². The third kappa shape index (κ3) is 4.52. The van der Waals surface area contributed by atoms with Crippen LogP contribution in [0.2, 0.25) is 5.02 Å². The zero-order valence-electron chi connectivity index (χ0n) is 13.7. The summed E-state index contributed by atoms with van der Waals surface area (Å²) >= 11 is 5.89. The molecule has 0 spiro atoms. The predicted octanol–water partition coefficient (Wildman–Crippen LogP) is 3.75. The Morgan fingerprint density at radius 3 is 2.62 bits per heavy atom. The molecule has 0 radical (unpaired) electrons. The lowest BCUT2D eigenvalue weighted by Gasteiger charge is -2.14. The molecule has 1 heterocycles. The molecule has 2 aromatic rings. The number of pyridine rings is 1. The first kappa shape index (κ1) is 18.4. The third-order valence-electron chi connectivity index (χ3n) is 3.44. The van der Waals surface area contributed by atoms with E-state index in [-0.39, 0.29) is 16.5 Å². The maximum atomic E-state index is 12.5. The van der Waals surface area contributed by atoms with Gasteiger partial charge in [0.1, 0.15) is 16.5 Å². The van der Waals surface area contributed by atoms with E-state index >= 15 is 0 Å². The van der Waals surface area contributed by atoms with Crippen molar-refractivity contribution in [1.82, 2.24) is 4.98 Å². The van der Waals surface area contributed by atoms with E-state index in [4.69, 9.17) is 16.3 Å². The highest BCUT2D eigenvalue weighted by Gasteiger charge is 2.20. The monoisotopic (exact) mass is 369 g/mol. The van der Waals surface area contributed by atoms with Crippen molar-refractivity contribution in [2.75, 3.05) is 17.1 Å². The molecule has 0 aliphatic rings. The van der Waals surface area contributed by atoms with E-state index in [0.29, 0.717) is 11.1 Å². The second-order valence-corrected chi connectivity index (χ2v) is 7.37. The number of aromatic nitrogens is 1. The molecule has 0 aliphatic heterocycles. The molecular formula is C16H20ClN3O3S. The van der Waals surface area contributed by atoms with Gasteiger partial charge in [0.25, 0.3) is 10.0 Å². The fourth-order valence-electron chi connectivity index (χ4n) is 1.98. The van der Waals surface area contributed by atoms with Gasteiger partial charge in [-0.3, -0.25) is 4.72 Å². The van der Waals surface area contributed by atoms with E-state index in [1.165, 1.54) is 19.2 Å². The fraction of sp³-hybridized carbons (Fsp3) is 0.312. The zero-order chi connectivity index (χ0) is 17.7. The van der Waals surface area contributed by atoms with Crippen molar-refractivity contribution in [2.24, 2.45) is 0 Å². The highest BCUT2D eigenvalue weighted by Crippen LogP contribution is 2.28. The molecule has 0 fully saturated rings. The van der Waals surface area contributed by atoms with Crippen molar-refractivity contribution < 1.29 is 13.2 Å². The standard InChI is InChI=1S/C16H20ClN3O3S/c1-4-11(2)19-13-6-8-16(18-10-13)20-24(21,22)15-9-12(17)5-7-14(15)23-3/h5-11,19H,4H2,1-3H3,(H,18,20). The summed E-state index contributed by atoms with van der Waals surface area (Å²) in [6.07, 6.45) is 2.56. The molecule has 24 heavy (non-hydrogen) atoms. The molecule has 1 unspecified atom stereocenters. The number of ether oxygens (including phenoxy) is 1. The topological polar surface area (TPSA) is 80.3 Å². The molecule has 0 amide bonds. The van der Waals surface area contributed by atoms with Gasteiger partial charge in [-0.1, -0.05) is 18.5 Å². The van der Waals surface area contributed by atoms with Gasteiger partial charge in [0.15, 0.2) is 0 Å². The number of rotatable bonds is 7. The van der Waals surface area contributed by atoms with Crippen molar-refractivity contribution in [3.63, 3.8) is 0 Å². The minimum absolute atomic E-state index is 0.0406. The summed E-state index contributed by atoms with van der Waals surface area (Å²) in [5.74, 6) is 0.425. The van der Waals surface area contributed by atoms with Gasteiger partial charge < -0.3 is 10.1 Å². The van der Waals surface area contributed by atoms with Gasteiger partial charge in [-0.2, -0.15) is 0 Å². The number of nitrogens with one attached hydrogen (secondary N) is 2. The van der Waals surface area contributed by atoms with Crippen molar-refractivity contribution in [3.05, 3.63) is 41.6 Å². The SMILES string of the molecule is CCC(C)Nc1ccc(NS(=O)(=O)c2cc(Cl)ccc2OC)nc1. The van der Waals surface area contributed by atoms with E-state index in [9.17, 15) is 8.42 Å². The number of anilines is 2. The second-order valence-electron chi connectivity index (χ2n) is 5.29. The Kier molecular flexibility index (Phi) is 5.90. The lowest BCUT2D eigenvalue weighted by atomic mass is 10.2. The molecule has 1 atom stereocenters. The van der Waals surface area contributed by atoms with Gasteiger partial charge in [-0.15, -0.1) is 0 Å². The van der Waals surface area contributed by atoms with Crippen LogP contribution >= 0.6 is 11.6 Å². The Bertz CT molecular complexity index is 795. The third-order valence-corrected chi connectivity index (χ3v) is 5.05. The zero-order valence-corrected chi connectivity index (χ0v) is 15.3. The van der Waals surface area contributed by atoms with Gasteiger partial charge >= 0.3 is 0 Å². The van der Waals surface area contributed by atoms with E-state index < -0.39 is 10.0 Å². The lowest BCUT2D eigenvalue weighted by molar-refractivity contribution is 0.403. The van der Waals surface area contributed by atoms with E-state index in [2.05, 4.69) is 28.9 Å². The Morgan fingerprint density at radius 1 is 1.29 bits per heavy atom. The van der Waals surface area contributed by atoms with Crippen molar-refractivity contribution in [3.8, 4) is 5.75 Å². The maximum Gasteiger partial charge on any atom is 0.266 e. The van der Waals surface area contributed by atoms with Crippen LogP contribution in [0, 0.1) is 0 Å². The van der Waals surface area contributed by atoms with E-state index in [1.807, 2.05) is 0 Å². The molecule has 2 N–H and O–H groups in total. The summed E-state index contributed by atoms with van der Waals surface area (Å²) < 4.78 is 32.6. The largest absolute Gasteiger partial charge is 0.495 e. The van der Waals surface area contributed by atoms with E-state index in [0.717, 1.165) is 12.1 Å². The minimum atomic E-state index is -3.86. The van der Waals surface area contributed by atoms with Crippen LogP contribution in [-0.2, 0) is 10.0 Å². The first-order chi connectivity index (χ1) is 11.4. The summed E-state index contributed by atoms with van der Waals surface area (Å²) in [5, 5.41) is 3.56. The second kappa shape index (κ2) is 7.72. The highest BCUT2D eigenvalue weighted by molar-refractivity contribution is 7.92. The van der Waals surface area contributed by atoms with Crippen LogP contribution in [-0.4, -0.2) is 26.6 Å². The minimum Gasteiger partial charge on any atom is -0.495 e. The Hall–Kier alpha value is -1.99. The predicted molar refractivity (Wildman–Crippen MR) is 96.4 cm³/mol. The molecule has 6 nitrogen and oxygen atoms in total. The molecule has 0 aliphatic carbocycles. The van der Waals surface area contributed by atoms with Crippen LogP contribution in [0.4, 0.5) is 11.5 Å². The first-order valence-electron chi connectivity index (χ1n) is 7.44. The number of halogens is 1. The molecule has 8 heteroatoms. The van der Waals surface area contributed by atoms with Crippen LogP contribution < -0.4 is 14.8 Å². The number of hydrogen-bond acceptors (Lipinski definition) is 5. The molecular weight excluding hydrogens is 350 g/mol. The molecule has 0 bridgehead atoms. The van der Waals surface area contributed by atoms with Crippen LogP contribution in [0.1, 0.15) is 20.3 Å². The summed E-state index contributed by atoms with van der Waals surface area (Å²) in [6, 6.07) is 8.08. The molecule has 0 saturated carbocycles. The Balaban J connectivity index is 2.22. The number of nitrogens with zero attached hydrogens (tertiary/aromatic N) is 1. The molecule has 1 aromatic carbocycles. The van der Waals surface area contributed by atoms with Crippen LogP contribution in [0.5, 0.6) is 5.75 Å². The van der Waals surface area contributed by atoms with Gasteiger partial charge in [-0.05, 0) is 43.7 Å². The fourth-order valence-corrected chi connectivity index (χ4v) is 3.42. The number of benzene rings is 1. The van der Waals surface area contributed by atoms with Crippen molar-refractivity contribution in [2.45, 2.75) is 31.2 Å². The van der Waals surface area contributed by atoms with Crippen LogP contribution in [0.3, 0.4) is 0 Å². The average Bonchev–Trinajstić information content (AvgIpc) is 2.56. The summed E-state index contributed by atoms with van der Waals surface area (Å²) in [7, 11) is -2.46.